The quantitative estimate of drug-likeness (QED) is 0.713. The number of hydrogen-bond donors (Lipinski definition) is 0. The molecule has 1 aromatic carbocycles. The first-order valence-corrected chi connectivity index (χ1v) is 7.21. The minimum Gasteiger partial charge on any atom is -0.192 e. The zero-order valence-electron chi connectivity index (χ0n) is 13.3. The van der Waals surface area contributed by atoms with Crippen molar-refractivity contribution in [3.63, 3.8) is 0 Å². The molecule has 0 aliphatic heterocycles. The lowest BCUT2D eigenvalue weighted by molar-refractivity contribution is 0.954. The van der Waals surface area contributed by atoms with Gasteiger partial charge in [0.15, 0.2) is 0 Å². The van der Waals surface area contributed by atoms with Crippen LogP contribution in [0, 0.1) is 29.6 Å². The fraction of sp³-hybridized carbons (Fsp3) is 0.368. The molecule has 0 saturated heterocycles. The molecule has 0 saturated carbocycles. The Morgan fingerprint density at radius 1 is 1.10 bits per heavy atom. The molecule has 0 heterocycles. The Bertz CT molecular complexity index is 645. The van der Waals surface area contributed by atoms with Crippen LogP contribution in [0.25, 0.3) is 0 Å². The maximum absolute atomic E-state index is 9.29. The monoisotopic (exact) mass is 278 g/mol. The van der Waals surface area contributed by atoms with E-state index in [1.54, 1.807) is 6.07 Å². The van der Waals surface area contributed by atoms with E-state index < -0.39 is 0 Å². The van der Waals surface area contributed by atoms with E-state index in [1.807, 2.05) is 13.0 Å². The van der Waals surface area contributed by atoms with Crippen LogP contribution in [0.4, 0.5) is 0 Å². The van der Waals surface area contributed by atoms with Gasteiger partial charge in [0.2, 0.25) is 0 Å². The van der Waals surface area contributed by atoms with Crippen LogP contribution in [0.15, 0.2) is 35.4 Å². The number of benzene rings is 1. The highest BCUT2D eigenvalue weighted by Gasteiger charge is 2.09. The Labute approximate surface area is 128 Å². The van der Waals surface area contributed by atoms with Gasteiger partial charge in [0.25, 0.3) is 0 Å². The van der Waals surface area contributed by atoms with Crippen molar-refractivity contribution in [2.45, 2.75) is 47.0 Å². The summed E-state index contributed by atoms with van der Waals surface area (Å²) in [4.78, 5) is 0. The van der Waals surface area contributed by atoms with Gasteiger partial charge in [-0.2, -0.15) is 10.5 Å². The summed E-state index contributed by atoms with van der Waals surface area (Å²) in [6.07, 6.45) is 7.20. The molecular formula is C19H22N2. The molecule has 0 unspecified atom stereocenters. The van der Waals surface area contributed by atoms with Crippen molar-refractivity contribution in [1.82, 2.24) is 0 Å². The van der Waals surface area contributed by atoms with Crippen molar-refractivity contribution in [1.29, 1.82) is 10.5 Å². The van der Waals surface area contributed by atoms with Gasteiger partial charge in [0.1, 0.15) is 12.1 Å². The fourth-order valence-electron chi connectivity index (χ4n) is 2.20. The maximum Gasteiger partial charge on any atom is 0.101 e. The van der Waals surface area contributed by atoms with E-state index in [9.17, 15) is 5.26 Å². The number of rotatable bonds is 5. The van der Waals surface area contributed by atoms with Gasteiger partial charge < -0.3 is 0 Å². The van der Waals surface area contributed by atoms with Crippen LogP contribution < -0.4 is 0 Å². The third-order valence-electron chi connectivity index (χ3n) is 3.53. The number of nitrogens with zero attached hydrogens (tertiary/aromatic N) is 2. The molecule has 1 rings (SSSR count). The molecular weight excluding hydrogens is 256 g/mol. The van der Waals surface area contributed by atoms with E-state index in [2.05, 4.69) is 45.1 Å². The van der Waals surface area contributed by atoms with Gasteiger partial charge in [-0.3, -0.25) is 0 Å². The molecule has 0 aliphatic carbocycles. The number of hydrogen-bond acceptors (Lipinski definition) is 2. The van der Waals surface area contributed by atoms with Crippen molar-refractivity contribution in [2.75, 3.05) is 0 Å². The van der Waals surface area contributed by atoms with Crippen LogP contribution in [-0.4, -0.2) is 0 Å². The van der Waals surface area contributed by atoms with E-state index in [1.165, 1.54) is 11.1 Å². The van der Waals surface area contributed by atoms with Gasteiger partial charge in [0.05, 0.1) is 11.1 Å². The summed E-state index contributed by atoms with van der Waals surface area (Å²) < 4.78 is 0. The third kappa shape index (κ3) is 4.93. The topological polar surface area (TPSA) is 47.6 Å². The average Bonchev–Trinajstić information content (AvgIpc) is 2.45. The van der Waals surface area contributed by atoms with Crippen molar-refractivity contribution in [3.8, 4) is 12.1 Å². The molecule has 0 aliphatic rings. The normalized spacial score (nSPS) is 10.7. The third-order valence-corrected chi connectivity index (χ3v) is 3.53. The van der Waals surface area contributed by atoms with Crippen molar-refractivity contribution in [3.05, 3.63) is 57.7 Å². The lowest BCUT2D eigenvalue weighted by atomic mass is 9.94. The van der Waals surface area contributed by atoms with Crippen molar-refractivity contribution < 1.29 is 0 Å². The first-order valence-electron chi connectivity index (χ1n) is 7.21. The average molecular weight is 278 g/mol. The summed E-state index contributed by atoms with van der Waals surface area (Å²) in [5, 5.41) is 18.4. The van der Waals surface area contributed by atoms with Crippen molar-refractivity contribution >= 4 is 0 Å². The molecule has 0 fully saturated rings. The molecule has 2 heteroatoms. The molecule has 0 atom stereocenters. The molecule has 0 bridgehead atoms. The standard InChI is InChI=1S/C19H22N2/c1-14(2)6-5-7-15(3)8-11-18-16(4)9-10-17(12-20)19(18)13-21/h6,8-10H,5,7,11H2,1-4H3/b15-8+. The van der Waals surface area contributed by atoms with E-state index in [4.69, 9.17) is 5.26 Å². The molecule has 0 N–H and O–H groups in total. The molecule has 21 heavy (non-hydrogen) atoms. The van der Waals surface area contributed by atoms with Crippen LogP contribution in [0.2, 0.25) is 0 Å². The van der Waals surface area contributed by atoms with Crippen LogP contribution in [0.3, 0.4) is 0 Å². The predicted molar refractivity (Wildman–Crippen MR) is 86.7 cm³/mol. The van der Waals surface area contributed by atoms with E-state index in [0.29, 0.717) is 17.5 Å². The fourth-order valence-corrected chi connectivity index (χ4v) is 2.20. The second-order valence-electron chi connectivity index (χ2n) is 5.58. The zero-order valence-corrected chi connectivity index (χ0v) is 13.3. The zero-order chi connectivity index (χ0) is 15.8. The molecule has 2 nitrogen and oxygen atoms in total. The van der Waals surface area contributed by atoms with Gasteiger partial charge in [-0.25, -0.2) is 0 Å². The first-order chi connectivity index (χ1) is 9.99. The van der Waals surface area contributed by atoms with Crippen LogP contribution in [-0.2, 0) is 6.42 Å². The Kier molecular flexibility index (Phi) is 6.44. The van der Waals surface area contributed by atoms with Gasteiger partial charge in [-0.15, -0.1) is 0 Å². The van der Waals surface area contributed by atoms with Crippen LogP contribution in [0.1, 0.15) is 55.9 Å². The SMILES string of the molecule is CC(C)=CCC/C(C)=C/Cc1c(C)ccc(C#N)c1C#N. The largest absolute Gasteiger partial charge is 0.192 e. The second-order valence-corrected chi connectivity index (χ2v) is 5.58. The lowest BCUT2D eigenvalue weighted by Crippen LogP contribution is -1.97. The highest BCUT2D eigenvalue weighted by atomic mass is 14.3. The van der Waals surface area contributed by atoms with Crippen LogP contribution >= 0.6 is 0 Å². The molecule has 108 valence electrons. The Morgan fingerprint density at radius 3 is 2.38 bits per heavy atom. The Balaban J connectivity index is 2.91. The number of aryl methyl sites for hydroxylation is 1. The highest BCUT2D eigenvalue weighted by Crippen LogP contribution is 2.20. The minimum atomic E-state index is 0.466. The summed E-state index contributed by atoms with van der Waals surface area (Å²) >= 11 is 0. The maximum atomic E-state index is 9.29. The Morgan fingerprint density at radius 2 is 1.81 bits per heavy atom. The van der Waals surface area contributed by atoms with E-state index >= 15 is 0 Å². The molecule has 1 aromatic rings. The second kappa shape index (κ2) is 8.08. The summed E-state index contributed by atoms with van der Waals surface area (Å²) in [5.74, 6) is 0. The smallest absolute Gasteiger partial charge is 0.101 e. The van der Waals surface area contributed by atoms with E-state index in [0.717, 1.165) is 24.0 Å². The van der Waals surface area contributed by atoms with E-state index in [-0.39, 0.29) is 0 Å². The lowest BCUT2D eigenvalue weighted by Gasteiger charge is -2.08. The summed E-state index contributed by atoms with van der Waals surface area (Å²) in [5.41, 5.74) is 5.68. The number of allylic oxidation sites excluding steroid dienone is 4. The van der Waals surface area contributed by atoms with Gasteiger partial charge in [-0.1, -0.05) is 29.4 Å². The molecule has 0 amide bonds. The minimum absolute atomic E-state index is 0.466. The highest BCUT2D eigenvalue weighted by molar-refractivity contribution is 5.53. The van der Waals surface area contributed by atoms with Crippen molar-refractivity contribution in [2.24, 2.45) is 0 Å². The van der Waals surface area contributed by atoms with Gasteiger partial charge in [0, 0.05) is 0 Å². The van der Waals surface area contributed by atoms with Gasteiger partial charge in [-0.05, 0) is 64.2 Å². The molecule has 0 aromatic heterocycles. The molecule has 0 radical (unpaired) electrons. The first kappa shape index (κ1) is 16.7. The van der Waals surface area contributed by atoms with Crippen LogP contribution in [0.5, 0.6) is 0 Å². The summed E-state index contributed by atoms with van der Waals surface area (Å²) in [6.45, 7) is 8.32. The summed E-state index contributed by atoms with van der Waals surface area (Å²) in [6, 6.07) is 7.92. The predicted octanol–water partition coefficient (Wildman–Crippen LogP) is 4.97. The Hall–Kier alpha value is -2.32. The number of nitriles is 2. The molecule has 0 spiro atoms. The van der Waals surface area contributed by atoms with Gasteiger partial charge >= 0.3 is 0 Å². The summed E-state index contributed by atoms with van der Waals surface area (Å²) in [7, 11) is 0.